The first-order chi connectivity index (χ1) is 10.1. The minimum Gasteiger partial charge on any atom is -0.497 e. The molecule has 21 heavy (non-hydrogen) atoms. The molecule has 110 valence electrons. The van der Waals surface area contributed by atoms with Crippen LogP contribution >= 0.6 is 11.6 Å². The summed E-state index contributed by atoms with van der Waals surface area (Å²) >= 11 is 6.16. The first-order valence-electron chi connectivity index (χ1n) is 6.89. The van der Waals surface area contributed by atoms with E-state index in [9.17, 15) is 0 Å². The SMILES string of the molecule is COc1ccc2c(c1)C(N)(c1cc(Cl)ccc1OC)CC2. The van der Waals surface area contributed by atoms with E-state index in [0.29, 0.717) is 5.02 Å². The fraction of sp³-hybridized carbons (Fsp3) is 0.294. The smallest absolute Gasteiger partial charge is 0.124 e. The Kier molecular flexibility index (Phi) is 3.56. The van der Waals surface area contributed by atoms with Gasteiger partial charge in [0.05, 0.1) is 19.8 Å². The van der Waals surface area contributed by atoms with Crippen molar-refractivity contribution >= 4 is 11.6 Å². The largest absolute Gasteiger partial charge is 0.497 e. The molecule has 2 aromatic carbocycles. The summed E-state index contributed by atoms with van der Waals surface area (Å²) in [5, 5.41) is 0.659. The van der Waals surface area contributed by atoms with E-state index in [0.717, 1.165) is 35.5 Å². The fourth-order valence-corrected chi connectivity index (χ4v) is 3.26. The zero-order chi connectivity index (χ0) is 15.0. The van der Waals surface area contributed by atoms with Crippen LogP contribution in [0, 0.1) is 0 Å². The number of ether oxygens (including phenoxy) is 2. The summed E-state index contributed by atoms with van der Waals surface area (Å²) in [5.74, 6) is 1.57. The van der Waals surface area contributed by atoms with Crippen molar-refractivity contribution in [3.05, 3.63) is 58.1 Å². The van der Waals surface area contributed by atoms with Gasteiger partial charge in [-0.1, -0.05) is 17.7 Å². The Morgan fingerprint density at radius 2 is 1.86 bits per heavy atom. The third-order valence-electron chi connectivity index (χ3n) is 4.23. The molecule has 0 bridgehead atoms. The van der Waals surface area contributed by atoms with Crippen molar-refractivity contribution in [3.8, 4) is 11.5 Å². The lowest BCUT2D eigenvalue weighted by atomic mass is 9.84. The van der Waals surface area contributed by atoms with Gasteiger partial charge < -0.3 is 15.2 Å². The van der Waals surface area contributed by atoms with E-state index in [1.54, 1.807) is 14.2 Å². The molecule has 1 unspecified atom stereocenters. The van der Waals surface area contributed by atoms with Crippen molar-refractivity contribution in [2.45, 2.75) is 18.4 Å². The number of aryl methyl sites for hydroxylation is 1. The van der Waals surface area contributed by atoms with Crippen LogP contribution in [0.2, 0.25) is 5.02 Å². The Labute approximate surface area is 129 Å². The summed E-state index contributed by atoms with van der Waals surface area (Å²) in [6.45, 7) is 0. The Hall–Kier alpha value is -1.71. The normalized spacial score (nSPS) is 20.2. The molecule has 2 aromatic rings. The molecule has 0 aliphatic heterocycles. The molecule has 4 heteroatoms. The average molecular weight is 304 g/mol. The first-order valence-corrected chi connectivity index (χ1v) is 7.26. The van der Waals surface area contributed by atoms with Crippen molar-refractivity contribution in [3.63, 3.8) is 0 Å². The zero-order valence-corrected chi connectivity index (χ0v) is 12.9. The first kappa shape index (κ1) is 14.2. The summed E-state index contributed by atoms with van der Waals surface area (Å²) in [7, 11) is 3.31. The van der Waals surface area contributed by atoms with Crippen molar-refractivity contribution < 1.29 is 9.47 Å². The second kappa shape index (κ2) is 5.24. The van der Waals surface area contributed by atoms with E-state index in [1.165, 1.54) is 5.56 Å². The predicted molar refractivity (Wildman–Crippen MR) is 84.3 cm³/mol. The number of fused-ring (bicyclic) bond motifs is 1. The molecule has 0 saturated heterocycles. The molecular weight excluding hydrogens is 286 g/mol. The third-order valence-corrected chi connectivity index (χ3v) is 4.46. The van der Waals surface area contributed by atoms with E-state index in [-0.39, 0.29) is 0 Å². The second-order valence-electron chi connectivity index (χ2n) is 5.34. The van der Waals surface area contributed by atoms with Gasteiger partial charge >= 0.3 is 0 Å². The predicted octanol–water partition coefficient (Wildman–Crippen LogP) is 3.51. The van der Waals surface area contributed by atoms with Gasteiger partial charge in [-0.15, -0.1) is 0 Å². The Bertz CT molecular complexity index is 686. The van der Waals surface area contributed by atoms with Crippen LogP contribution in [-0.2, 0) is 12.0 Å². The maximum absolute atomic E-state index is 6.77. The van der Waals surface area contributed by atoms with Crippen LogP contribution in [-0.4, -0.2) is 14.2 Å². The van der Waals surface area contributed by atoms with Gasteiger partial charge in [0, 0.05) is 10.6 Å². The number of hydrogen-bond acceptors (Lipinski definition) is 3. The number of hydrogen-bond donors (Lipinski definition) is 1. The minimum absolute atomic E-state index is 0.597. The highest BCUT2D eigenvalue weighted by Crippen LogP contribution is 2.45. The van der Waals surface area contributed by atoms with E-state index < -0.39 is 5.54 Å². The number of rotatable bonds is 3. The van der Waals surface area contributed by atoms with Crippen LogP contribution in [0.15, 0.2) is 36.4 Å². The fourth-order valence-electron chi connectivity index (χ4n) is 3.09. The van der Waals surface area contributed by atoms with Crippen LogP contribution in [0.1, 0.15) is 23.1 Å². The highest BCUT2D eigenvalue weighted by Gasteiger charge is 2.39. The van der Waals surface area contributed by atoms with Gasteiger partial charge in [0.25, 0.3) is 0 Å². The molecule has 1 atom stereocenters. The van der Waals surface area contributed by atoms with Crippen LogP contribution in [0.4, 0.5) is 0 Å². The molecule has 3 nitrogen and oxygen atoms in total. The zero-order valence-electron chi connectivity index (χ0n) is 12.2. The van der Waals surface area contributed by atoms with Crippen molar-refractivity contribution in [1.29, 1.82) is 0 Å². The van der Waals surface area contributed by atoms with Gasteiger partial charge in [-0.3, -0.25) is 0 Å². The van der Waals surface area contributed by atoms with Crippen molar-refractivity contribution in [1.82, 2.24) is 0 Å². The summed E-state index contributed by atoms with van der Waals surface area (Å²) < 4.78 is 10.8. The van der Waals surface area contributed by atoms with Crippen molar-refractivity contribution in [2.24, 2.45) is 5.73 Å². The van der Waals surface area contributed by atoms with Crippen LogP contribution in [0.25, 0.3) is 0 Å². The Morgan fingerprint density at radius 3 is 2.57 bits per heavy atom. The third kappa shape index (κ3) is 2.27. The summed E-state index contributed by atoms with van der Waals surface area (Å²) in [5.41, 5.74) is 9.43. The summed E-state index contributed by atoms with van der Waals surface area (Å²) in [6.07, 6.45) is 1.76. The van der Waals surface area contributed by atoms with Crippen LogP contribution in [0.3, 0.4) is 0 Å². The number of halogens is 1. The lowest BCUT2D eigenvalue weighted by molar-refractivity contribution is 0.392. The van der Waals surface area contributed by atoms with E-state index >= 15 is 0 Å². The molecule has 0 heterocycles. The number of nitrogens with two attached hydrogens (primary N) is 1. The average Bonchev–Trinajstić information content (AvgIpc) is 2.85. The standard InChI is InChI=1S/C17H18ClNO2/c1-20-13-5-3-11-7-8-17(19,14(11)10-13)15-9-12(18)4-6-16(15)21-2/h3-6,9-10H,7-8,19H2,1-2H3. The molecule has 0 fully saturated rings. The molecule has 0 amide bonds. The number of benzene rings is 2. The van der Waals surface area contributed by atoms with Gasteiger partial charge in [0.15, 0.2) is 0 Å². The van der Waals surface area contributed by atoms with Gasteiger partial charge in [0.1, 0.15) is 11.5 Å². The lowest BCUT2D eigenvalue weighted by Crippen LogP contribution is -2.35. The van der Waals surface area contributed by atoms with Gasteiger partial charge in [-0.25, -0.2) is 0 Å². The maximum Gasteiger partial charge on any atom is 0.124 e. The van der Waals surface area contributed by atoms with Crippen LogP contribution < -0.4 is 15.2 Å². The molecule has 1 aliphatic carbocycles. The highest BCUT2D eigenvalue weighted by atomic mass is 35.5. The molecule has 2 N–H and O–H groups in total. The quantitative estimate of drug-likeness (QED) is 0.944. The van der Waals surface area contributed by atoms with E-state index in [1.807, 2.05) is 30.3 Å². The summed E-state index contributed by atoms with van der Waals surface area (Å²) in [6, 6.07) is 11.6. The lowest BCUT2D eigenvalue weighted by Gasteiger charge is -2.28. The molecule has 0 saturated carbocycles. The molecule has 0 aromatic heterocycles. The van der Waals surface area contributed by atoms with E-state index in [2.05, 4.69) is 6.07 Å². The van der Waals surface area contributed by atoms with Gasteiger partial charge in [-0.2, -0.15) is 0 Å². The molecular formula is C17H18ClNO2. The van der Waals surface area contributed by atoms with Crippen molar-refractivity contribution in [2.75, 3.05) is 14.2 Å². The Balaban J connectivity index is 2.18. The van der Waals surface area contributed by atoms with Gasteiger partial charge in [0.2, 0.25) is 0 Å². The highest BCUT2D eigenvalue weighted by molar-refractivity contribution is 6.30. The topological polar surface area (TPSA) is 44.5 Å². The van der Waals surface area contributed by atoms with Gasteiger partial charge in [-0.05, 0) is 54.3 Å². The summed E-state index contributed by atoms with van der Waals surface area (Å²) in [4.78, 5) is 0. The monoisotopic (exact) mass is 303 g/mol. The minimum atomic E-state index is -0.597. The molecule has 0 radical (unpaired) electrons. The van der Waals surface area contributed by atoms with E-state index in [4.69, 9.17) is 26.8 Å². The molecule has 3 rings (SSSR count). The Morgan fingerprint density at radius 1 is 1.05 bits per heavy atom. The number of methoxy groups -OCH3 is 2. The molecule has 1 aliphatic rings. The van der Waals surface area contributed by atoms with Crippen LogP contribution in [0.5, 0.6) is 11.5 Å². The second-order valence-corrected chi connectivity index (χ2v) is 5.78. The maximum atomic E-state index is 6.77. The molecule has 0 spiro atoms.